The Labute approximate surface area is 665 Å². The van der Waals surface area contributed by atoms with Gasteiger partial charge in [0.2, 0.25) is 82.7 Å². The fourth-order valence-corrected chi connectivity index (χ4v) is 14.4. The normalized spacial score (nSPS) is 19.2. The molecule has 0 saturated carbocycles. The molecule has 0 bridgehead atoms. The molecule has 0 radical (unpaired) electrons. The van der Waals surface area contributed by atoms with Gasteiger partial charge in [0.1, 0.15) is 84.6 Å². The Hall–Kier alpha value is -10.3. The van der Waals surface area contributed by atoms with Gasteiger partial charge in [-0.2, -0.15) is 24.4 Å². The Morgan fingerprint density at radius 3 is 1.58 bits per heavy atom. The number of likely N-dealkylation sites (tertiary alicyclic amines) is 3. The number of aliphatic carboxylic acids is 1. The number of nitrogens with two attached hydrogens (primary N) is 4. The first-order valence-corrected chi connectivity index (χ1v) is 40.1. The molecule has 1 unspecified atom stereocenters. The minimum Gasteiger partial charge on any atom is -0.480 e. The number of nitrogens with zero attached hydrogens (tertiary/aromatic N) is 6. The summed E-state index contributed by atoms with van der Waals surface area (Å²) in [6.07, 6.45) is 6.36. The summed E-state index contributed by atoms with van der Waals surface area (Å²) < 4.78 is 0. The molecule has 41 heteroatoms. The number of carboxylic acid groups (broad SMARTS) is 1. The lowest BCUT2D eigenvalue weighted by atomic mass is 10.0. The van der Waals surface area contributed by atoms with Crippen LogP contribution in [-0.2, 0) is 84.8 Å². The second-order valence-corrected chi connectivity index (χ2v) is 30.5. The van der Waals surface area contributed by atoms with Gasteiger partial charge in [-0.3, -0.25) is 77.1 Å². The third-order valence-corrected chi connectivity index (χ3v) is 20.7. The molecule has 624 valence electrons. The number of aliphatic imine (C=N–C) groups is 2. The van der Waals surface area contributed by atoms with E-state index in [0.717, 1.165) is 0 Å². The Balaban J connectivity index is 1.13. The Bertz CT molecular complexity index is 3700. The zero-order chi connectivity index (χ0) is 83.2. The number of carboxylic acids is 1. The number of H-pyrrole nitrogens is 1. The Kier molecular flexibility index (Phi) is 36.8. The molecule has 22 N–H and O–H groups in total. The van der Waals surface area contributed by atoms with E-state index in [4.69, 9.17) is 22.9 Å². The van der Waals surface area contributed by atoms with Crippen molar-refractivity contribution in [2.45, 2.75) is 222 Å². The van der Waals surface area contributed by atoms with Gasteiger partial charge in [0, 0.05) is 69.6 Å². The zero-order valence-corrected chi connectivity index (χ0v) is 66.3. The highest BCUT2D eigenvalue weighted by Crippen LogP contribution is 2.25. The molecule has 4 fully saturated rings. The number of aliphatic hydroxyl groups excluding tert-OH is 1. The number of guanidine groups is 2. The number of aromatic nitrogens is 2. The highest BCUT2D eigenvalue weighted by molar-refractivity contribution is 7.98. The van der Waals surface area contributed by atoms with Crippen molar-refractivity contribution in [3.63, 3.8) is 0 Å². The monoisotopic (exact) mass is 1620 g/mol. The van der Waals surface area contributed by atoms with Gasteiger partial charge in [-0.25, -0.2) is 9.78 Å². The minimum absolute atomic E-state index is 0.00225. The van der Waals surface area contributed by atoms with Gasteiger partial charge in [-0.1, -0.05) is 58.0 Å². The predicted octanol–water partition coefficient (Wildman–Crippen LogP) is -5.12. The molecular weight excluding hydrogens is 1510 g/mol. The molecule has 6 rings (SSSR count). The molecule has 1 aromatic heterocycles. The van der Waals surface area contributed by atoms with Gasteiger partial charge < -0.3 is 111 Å². The number of amides is 14. The van der Waals surface area contributed by atoms with Gasteiger partial charge in [0.05, 0.1) is 12.9 Å². The molecule has 5 heterocycles. The van der Waals surface area contributed by atoms with Crippen LogP contribution < -0.4 is 81.4 Å². The summed E-state index contributed by atoms with van der Waals surface area (Å²) in [4.78, 5) is 228. The summed E-state index contributed by atoms with van der Waals surface area (Å²) in [5.41, 5.74) is 23.2. The fraction of sp³-hybridized carbons (Fsp3) is 0.639. The number of imidazole rings is 1. The van der Waals surface area contributed by atoms with E-state index in [2.05, 4.69) is 91.1 Å². The topological polar surface area (TPSA) is 596 Å². The molecule has 4 aliphatic rings. The summed E-state index contributed by atoms with van der Waals surface area (Å²) in [5.74, 6) is -13.0. The van der Waals surface area contributed by atoms with Crippen molar-refractivity contribution in [3.05, 3.63) is 54.1 Å². The summed E-state index contributed by atoms with van der Waals surface area (Å²) >= 11 is 5.70. The maximum absolute atomic E-state index is 14.7. The van der Waals surface area contributed by atoms with E-state index in [1.165, 1.54) is 45.9 Å². The summed E-state index contributed by atoms with van der Waals surface area (Å²) in [6.45, 7) is 7.53. The fourth-order valence-electron chi connectivity index (χ4n) is 13.6. The number of benzene rings is 1. The number of carbonyl (C=O) groups is 15. The second kappa shape index (κ2) is 45.4. The van der Waals surface area contributed by atoms with Crippen LogP contribution in [-0.4, -0.2) is 277 Å². The lowest BCUT2D eigenvalue weighted by Crippen LogP contribution is -2.62. The molecule has 2 aromatic rings. The van der Waals surface area contributed by atoms with Gasteiger partial charge >= 0.3 is 5.97 Å². The third-order valence-electron chi connectivity index (χ3n) is 19.7. The molecular formula is C72H112N22O17S2. The van der Waals surface area contributed by atoms with Crippen LogP contribution in [0.15, 0.2) is 52.8 Å². The SMILES string of the molecule is CSCC[C@H](NC(=O)[C@H](CS)NC(=O)[C@H](CCCN=C(N)N)NC(=O)[C@H](C)NC(=O)C1CCC(=O)N1)C(=O)N1CCC[C@H]1C(=O)N[C@@H](CC(C)C)C(=O)N[C@@H](Cc1cnc[nH]1)C(=O)N[C@@H](CO)C(=O)N[C@@H](CCCN=C(N)N)C(=O)N[C@H](C(=O)N1CCC[C@H]1C(=O)N[C@@H](Cc1ccccc1)C(=O)N1CCC[C@H]1C(=O)O)C(C)C. The van der Waals surface area contributed by atoms with Gasteiger partial charge in [0.25, 0.3) is 0 Å². The van der Waals surface area contributed by atoms with Gasteiger partial charge in [0.15, 0.2) is 11.9 Å². The highest BCUT2D eigenvalue weighted by Gasteiger charge is 2.45. The largest absolute Gasteiger partial charge is 0.480 e. The Morgan fingerprint density at radius 1 is 0.566 bits per heavy atom. The van der Waals surface area contributed by atoms with Crippen LogP contribution in [0.25, 0.3) is 0 Å². The molecule has 1 aromatic carbocycles. The molecule has 0 spiro atoms. The van der Waals surface area contributed by atoms with Crippen molar-refractivity contribution in [1.82, 2.24) is 83.2 Å². The predicted molar refractivity (Wildman–Crippen MR) is 418 cm³/mol. The van der Waals surface area contributed by atoms with E-state index in [0.29, 0.717) is 36.3 Å². The highest BCUT2D eigenvalue weighted by atomic mass is 32.2. The van der Waals surface area contributed by atoms with Crippen LogP contribution in [0.3, 0.4) is 0 Å². The van der Waals surface area contributed by atoms with E-state index >= 15 is 0 Å². The number of carbonyl (C=O) groups excluding carboxylic acids is 14. The molecule has 14 amide bonds. The Morgan fingerprint density at radius 2 is 1.05 bits per heavy atom. The first kappa shape index (κ1) is 91.6. The quantitative estimate of drug-likeness (QED) is 0.0128. The number of thioether (sulfide) groups is 1. The van der Waals surface area contributed by atoms with E-state index in [1.807, 2.05) is 0 Å². The molecule has 4 saturated heterocycles. The standard InChI is InChI=1S/C72H112N22O17S2/c1-38(2)31-47(87-65(105)52-19-12-27-92(52)67(107)46(24-30-113-6)85-64(104)51(36-112)90-59(99)43(17-10-25-78-71(73)74)83-57(97)40(5)81-58(98)45-22-23-55(96)82-45)61(101)86-48(33-42-34-77-37-80-42)62(102)89-50(35-95)63(103)84-44(18-11-26-79-72(75)76)60(100)91-56(39(3)4)69(109)93-28-13-20-53(93)66(106)88-49(32-41-15-8-7-9-16-41)68(108)94-29-14-21-54(94)70(110)111/h7-9,15-16,34,37-40,43-54,56,95,112H,10-14,17-33,35-36H2,1-6H3,(H,77,80)(H,81,98)(H,82,96)(H,83,97)(H,84,103)(H,85,104)(H,86,101)(H,87,105)(H,88,106)(H,89,102)(H,90,99)(H,91,100)(H,110,111)(H4,73,74,78)(H4,75,76,79)/t40-,43-,44-,45?,46-,47-,48-,49-,50-,51-,52-,53-,54-,56-/m0/s1. The lowest BCUT2D eigenvalue weighted by Gasteiger charge is -2.33. The number of aliphatic hydroxyl groups is 1. The van der Waals surface area contributed by atoms with Crippen LogP contribution >= 0.6 is 24.4 Å². The molecule has 39 nitrogen and oxygen atoms in total. The van der Waals surface area contributed by atoms with Crippen LogP contribution in [0.2, 0.25) is 0 Å². The number of hydrogen-bond donors (Lipinski definition) is 19. The summed E-state index contributed by atoms with van der Waals surface area (Å²) in [7, 11) is 0. The van der Waals surface area contributed by atoms with Crippen molar-refractivity contribution in [2.24, 2.45) is 44.8 Å². The van der Waals surface area contributed by atoms with Crippen LogP contribution in [0.5, 0.6) is 0 Å². The van der Waals surface area contributed by atoms with Gasteiger partial charge in [-0.15, -0.1) is 0 Å². The number of thiol groups is 1. The molecule has 113 heavy (non-hydrogen) atoms. The third kappa shape index (κ3) is 28.1. The second-order valence-electron chi connectivity index (χ2n) is 29.2. The van der Waals surface area contributed by atoms with Crippen molar-refractivity contribution < 1.29 is 82.1 Å². The van der Waals surface area contributed by atoms with Crippen molar-refractivity contribution in [1.29, 1.82) is 0 Å². The van der Waals surface area contributed by atoms with E-state index in [1.54, 1.807) is 64.3 Å². The first-order chi connectivity index (χ1) is 53.7. The maximum Gasteiger partial charge on any atom is 0.326 e. The van der Waals surface area contributed by atoms with Crippen molar-refractivity contribution in [3.8, 4) is 0 Å². The average Bonchev–Trinajstić information content (AvgIpc) is 1.77. The number of nitrogens with one attached hydrogen (secondary N) is 12. The van der Waals surface area contributed by atoms with E-state index in [9.17, 15) is 82.1 Å². The molecule has 4 aliphatic heterocycles. The summed E-state index contributed by atoms with van der Waals surface area (Å²) in [6, 6.07) is -9.24. The van der Waals surface area contributed by atoms with Crippen molar-refractivity contribution >= 4 is 125 Å². The number of hydrogen-bond acceptors (Lipinski definition) is 21. The lowest BCUT2D eigenvalue weighted by molar-refractivity contribution is -0.150. The number of rotatable bonds is 44. The number of aromatic amines is 1. The zero-order valence-electron chi connectivity index (χ0n) is 64.6. The van der Waals surface area contributed by atoms with Gasteiger partial charge in [-0.05, 0) is 120 Å². The van der Waals surface area contributed by atoms with Crippen LogP contribution in [0.1, 0.15) is 136 Å². The van der Waals surface area contributed by atoms with E-state index < -0.39 is 180 Å². The first-order valence-electron chi connectivity index (χ1n) is 38.1. The molecule has 0 aliphatic carbocycles. The summed E-state index contributed by atoms with van der Waals surface area (Å²) in [5, 5.41) is 49.7. The molecule has 14 atom stereocenters. The van der Waals surface area contributed by atoms with E-state index in [-0.39, 0.29) is 146 Å². The maximum atomic E-state index is 14.7. The van der Waals surface area contributed by atoms with Crippen molar-refractivity contribution in [2.75, 3.05) is 57.1 Å². The van der Waals surface area contributed by atoms with Crippen LogP contribution in [0.4, 0.5) is 0 Å². The minimum atomic E-state index is -1.80. The smallest absolute Gasteiger partial charge is 0.326 e. The van der Waals surface area contributed by atoms with Crippen LogP contribution in [0, 0.1) is 11.8 Å². The average molecular weight is 1620 g/mol.